The van der Waals surface area contributed by atoms with Crippen LogP contribution in [0.3, 0.4) is 0 Å². The highest BCUT2D eigenvalue weighted by molar-refractivity contribution is 5.75. The maximum atomic E-state index is 12.0. The Labute approximate surface area is 121 Å². The van der Waals surface area contributed by atoms with Crippen LogP contribution >= 0.6 is 0 Å². The number of hydrogen-bond acceptors (Lipinski definition) is 4. The van der Waals surface area contributed by atoms with Gasteiger partial charge in [0.15, 0.2) is 0 Å². The van der Waals surface area contributed by atoms with Crippen LogP contribution < -0.4 is 0 Å². The van der Waals surface area contributed by atoms with Crippen LogP contribution in [0.1, 0.15) is 37.8 Å². The molecule has 0 heterocycles. The van der Waals surface area contributed by atoms with Crippen LogP contribution in [0.2, 0.25) is 0 Å². The van der Waals surface area contributed by atoms with Crippen LogP contribution in [0.5, 0.6) is 0 Å². The summed E-state index contributed by atoms with van der Waals surface area (Å²) in [6.45, 7) is 4.89. The third-order valence-electron chi connectivity index (χ3n) is 3.14. The first-order valence-corrected chi connectivity index (χ1v) is 6.98. The van der Waals surface area contributed by atoms with Crippen LogP contribution in [0, 0.1) is 11.3 Å². The quantitative estimate of drug-likeness (QED) is 0.717. The molecule has 0 aliphatic heterocycles. The van der Waals surface area contributed by atoms with Gasteiger partial charge in [-0.3, -0.25) is 9.69 Å². The fourth-order valence-corrected chi connectivity index (χ4v) is 2.17. The first-order valence-electron chi connectivity index (χ1n) is 6.98. The largest absolute Gasteiger partial charge is 0.465 e. The first-order chi connectivity index (χ1) is 9.62. The molecule has 0 saturated carbocycles. The number of carbonyl (C=O) groups excluding carboxylic acids is 1. The number of benzene rings is 1. The Balaban J connectivity index is 2.76. The van der Waals surface area contributed by atoms with Crippen LogP contribution in [-0.2, 0) is 16.1 Å². The van der Waals surface area contributed by atoms with E-state index in [0.717, 1.165) is 18.4 Å². The van der Waals surface area contributed by atoms with Crippen LogP contribution in [0.4, 0.5) is 0 Å². The number of ether oxygens (including phenoxy) is 1. The summed E-state index contributed by atoms with van der Waals surface area (Å²) >= 11 is 0. The fraction of sp³-hybridized carbons (Fsp3) is 0.500. The van der Waals surface area contributed by atoms with Crippen LogP contribution in [-0.4, -0.2) is 30.6 Å². The monoisotopic (exact) mass is 274 g/mol. The minimum absolute atomic E-state index is 0.173. The Bertz CT molecular complexity index is 480. The SMILES string of the molecule is CCCC(C(=O)OCC)N(C)Cc1cccc(C#N)c1. The molecule has 0 saturated heterocycles. The maximum absolute atomic E-state index is 12.0. The summed E-state index contributed by atoms with van der Waals surface area (Å²) in [4.78, 5) is 14.0. The van der Waals surface area contributed by atoms with Gasteiger partial charge in [0.1, 0.15) is 6.04 Å². The smallest absolute Gasteiger partial charge is 0.323 e. The summed E-state index contributed by atoms with van der Waals surface area (Å²) in [5.41, 5.74) is 1.66. The van der Waals surface area contributed by atoms with Gasteiger partial charge in [0.2, 0.25) is 0 Å². The molecule has 0 spiro atoms. The van der Waals surface area contributed by atoms with Crippen LogP contribution in [0.25, 0.3) is 0 Å². The van der Waals surface area contributed by atoms with E-state index in [4.69, 9.17) is 10.00 Å². The van der Waals surface area contributed by atoms with Crippen LogP contribution in [0.15, 0.2) is 24.3 Å². The molecule has 4 heteroatoms. The van der Waals surface area contributed by atoms with Crippen molar-refractivity contribution >= 4 is 5.97 Å². The zero-order valence-electron chi connectivity index (χ0n) is 12.4. The molecule has 0 aliphatic carbocycles. The summed E-state index contributed by atoms with van der Waals surface area (Å²) in [6, 6.07) is 9.35. The lowest BCUT2D eigenvalue weighted by atomic mass is 10.1. The van der Waals surface area contributed by atoms with E-state index in [1.54, 1.807) is 6.07 Å². The molecule has 0 N–H and O–H groups in total. The summed E-state index contributed by atoms with van der Waals surface area (Å²) < 4.78 is 5.13. The zero-order valence-corrected chi connectivity index (χ0v) is 12.4. The number of carbonyl (C=O) groups is 1. The molecule has 20 heavy (non-hydrogen) atoms. The summed E-state index contributed by atoms with van der Waals surface area (Å²) in [5, 5.41) is 8.91. The van der Waals surface area contributed by atoms with Crippen molar-refractivity contribution in [2.75, 3.05) is 13.7 Å². The van der Waals surface area contributed by atoms with Gasteiger partial charge < -0.3 is 4.74 Å². The average molecular weight is 274 g/mol. The van der Waals surface area contributed by atoms with Gasteiger partial charge in [0.05, 0.1) is 18.2 Å². The molecular weight excluding hydrogens is 252 g/mol. The second-order valence-electron chi connectivity index (χ2n) is 4.78. The second kappa shape index (κ2) is 8.34. The van der Waals surface area contributed by atoms with Crippen molar-refractivity contribution in [2.24, 2.45) is 0 Å². The molecule has 0 bridgehead atoms. The van der Waals surface area contributed by atoms with Gasteiger partial charge in [-0.25, -0.2) is 0 Å². The number of likely N-dealkylation sites (N-methyl/N-ethyl adjacent to an activating group) is 1. The van der Waals surface area contributed by atoms with Gasteiger partial charge >= 0.3 is 5.97 Å². The standard InChI is InChI=1S/C16H22N2O2/c1-4-7-15(16(19)20-5-2)18(3)12-14-9-6-8-13(10-14)11-17/h6,8-10,15H,4-5,7,12H2,1-3H3. The molecule has 108 valence electrons. The number of hydrogen-bond donors (Lipinski definition) is 0. The van der Waals surface area contributed by atoms with Crippen molar-refractivity contribution in [1.82, 2.24) is 4.90 Å². The molecule has 0 aromatic heterocycles. The highest BCUT2D eigenvalue weighted by Gasteiger charge is 2.23. The Hall–Kier alpha value is -1.86. The van der Waals surface area contributed by atoms with Gasteiger partial charge in [-0.1, -0.05) is 25.5 Å². The van der Waals surface area contributed by atoms with Crippen molar-refractivity contribution in [3.05, 3.63) is 35.4 Å². The number of nitriles is 1. The summed E-state index contributed by atoms with van der Waals surface area (Å²) in [5.74, 6) is -0.173. The van der Waals surface area contributed by atoms with E-state index >= 15 is 0 Å². The molecule has 1 atom stereocenters. The van der Waals surface area contributed by atoms with E-state index in [9.17, 15) is 4.79 Å². The Kier molecular flexibility index (Phi) is 6.75. The van der Waals surface area contributed by atoms with Crippen molar-refractivity contribution < 1.29 is 9.53 Å². The molecule has 1 rings (SSSR count). The molecule has 0 fully saturated rings. The second-order valence-corrected chi connectivity index (χ2v) is 4.78. The molecule has 1 aromatic carbocycles. The lowest BCUT2D eigenvalue weighted by Gasteiger charge is -2.26. The van der Waals surface area contributed by atoms with Gasteiger partial charge in [0.25, 0.3) is 0 Å². The van der Waals surface area contributed by atoms with Crippen molar-refractivity contribution in [3.8, 4) is 6.07 Å². The van der Waals surface area contributed by atoms with E-state index < -0.39 is 0 Å². The van der Waals surface area contributed by atoms with Gasteiger partial charge in [-0.15, -0.1) is 0 Å². The van der Waals surface area contributed by atoms with E-state index in [0.29, 0.717) is 18.7 Å². The number of nitrogens with zero attached hydrogens (tertiary/aromatic N) is 2. The number of rotatable bonds is 7. The van der Waals surface area contributed by atoms with E-state index in [1.807, 2.05) is 37.1 Å². The van der Waals surface area contributed by atoms with E-state index in [2.05, 4.69) is 13.0 Å². The maximum Gasteiger partial charge on any atom is 0.323 e. The molecule has 0 aliphatic rings. The zero-order chi connectivity index (χ0) is 15.0. The highest BCUT2D eigenvalue weighted by atomic mass is 16.5. The third-order valence-corrected chi connectivity index (χ3v) is 3.14. The average Bonchev–Trinajstić information content (AvgIpc) is 2.45. The number of esters is 1. The predicted molar refractivity (Wildman–Crippen MR) is 78.0 cm³/mol. The predicted octanol–water partition coefficient (Wildman–Crippen LogP) is 2.72. The molecule has 0 radical (unpaired) electrons. The lowest BCUT2D eigenvalue weighted by molar-refractivity contribution is -0.149. The van der Waals surface area contributed by atoms with Crippen molar-refractivity contribution in [2.45, 2.75) is 39.3 Å². The van der Waals surface area contributed by atoms with Crippen molar-refractivity contribution in [1.29, 1.82) is 5.26 Å². The topological polar surface area (TPSA) is 53.3 Å². The normalized spacial score (nSPS) is 11.9. The first kappa shape index (κ1) is 16.2. The molecule has 0 amide bonds. The Morgan fingerprint density at radius 3 is 2.80 bits per heavy atom. The van der Waals surface area contributed by atoms with Gasteiger partial charge in [-0.05, 0) is 38.1 Å². The summed E-state index contributed by atoms with van der Waals surface area (Å²) in [7, 11) is 1.91. The summed E-state index contributed by atoms with van der Waals surface area (Å²) in [6.07, 6.45) is 1.69. The fourth-order valence-electron chi connectivity index (χ4n) is 2.17. The minimum atomic E-state index is -0.231. The third kappa shape index (κ3) is 4.67. The molecule has 1 unspecified atom stereocenters. The van der Waals surface area contributed by atoms with Gasteiger partial charge in [0, 0.05) is 6.54 Å². The Morgan fingerprint density at radius 2 is 2.20 bits per heavy atom. The Morgan fingerprint density at radius 1 is 1.45 bits per heavy atom. The lowest BCUT2D eigenvalue weighted by Crippen LogP contribution is -2.39. The van der Waals surface area contributed by atoms with Crippen molar-refractivity contribution in [3.63, 3.8) is 0 Å². The van der Waals surface area contributed by atoms with E-state index in [-0.39, 0.29) is 12.0 Å². The molecule has 4 nitrogen and oxygen atoms in total. The minimum Gasteiger partial charge on any atom is -0.465 e. The van der Waals surface area contributed by atoms with Gasteiger partial charge in [-0.2, -0.15) is 5.26 Å². The molecular formula is C16H22N2O2. The highest BCUT2D eigenvalue weighted by Crippen LogP contribution is 2.13. The van der Waals surface area contributed by atoms with E-state index in [1.165, 1.54) is 0 Å². The molecule has 1 aromatic rings.